The van der Waals surface area contributed by atoms with Crippen LogP contribution in [0.4, 0.5) is 0 Å². The smallest absolute Gasteiger partial charge is 0.0120 e. The second-order valence-electron chi connectivity index (χ2n) is 7.85. The van der Waals surface area contributed by atoms with Gasteiger partial charge in [-0.05, 0) is 76.7 Å². The zero-order valence-electron chi connectivity index (χ0n) is 16.8. The Morgan fingerprint density at radius 1 is 0.870 bits per heavy atom. The minimum atomic E-state index is 0.877. The third kappa shape index (κ3) is 8.03. The van der Waals surface area contributed by atoms with Crippen molar-refractivity contribution in [3.8, 4) is 0 Å². The summed E-state index contributed by atoms with van der Waals surface area (Å²) < 4.78 is 0. The van der Waals surface area contributed by atoms with Gasteiger partial charge in [0.25, 0.3) is 0 Å². The fourth-order valence-electron chi connectivity index (χ4n) is 4.12. The van der Waals surface area contributed by atoms with Crippen LogP contribution < -0.4 is 0 Å². The van der Waals surface area contributed by atoms with Crippen molar-refractivity contribution in [1.29, 1.82) is 0 Å². The van der Waals surface area contributed by atoms with Gasteiger partial charge in [0.2, 0.25) is 0 Å². The Kier molecular flexibility index (Phi) is 11.2. The van der Waals surface area contributed by atoms with E-state index in [0.717, 1.165) is 17.9 Å². The van der Waals surface area contributed by atoms with Crippen molar-refractivity contribution in [1.82, 2.24) is 9.80 Å². The van der Waals surface area contributed by atoms with Crippen LogP contribution in [0.1, 0.15) is 86.0 Å². The van der Waals surface area contributed by atoms with Gasteiger partial charge in [0, 0.05) is 6.04 Å². The predicted octanol–water partition coefficient (Wildman–Crippen LogP) is 5.43. The average molecular weight is 325 g/mol. The van der Waals surface area contributed by atoms with Crippen LogP contribution >= 0.6 is 0 Å². The molecule has 0 amide bonds. The molecule has 0 saturated carbocycles. The molecule has 0 N–H and O–H groups in total. The van der Waals surface area contributed by atoms with E-state index in [1.54, 1.807) is 0 Å². The number of nitrogens with zero attached hydrogens (tertiary/aromatic N) is 2. The van der Waals surface area contributed by atoms with Crippen LogP contribution in [0.25, 0.3) is 0 Å². The molecule has 0 atom stereocenters. The number of hydrogen-bond donors (Lipinski definition) is 0. The van der Waals surface area contributed by atoms with Crippen LogP contribution in [0.5, 0.6) is 0 Å². The van der Waals surface area contributed by atoms with E-state index >= 15 is 0 Å². The van der Waals surface area contributed by atoms with Crippen molar-refractivity contribution in [2.45, 2.75) is 92.0 Å². The Labute approximate surface area is 147 Å². The van der Waals surface area contributed by atoms with Gasteiger partial charge in [-0.15, -0.1) is 0 Å². The summed E-state index contributed by atoms with van der Waals surface area (Å²) in [4.78, 5) is 5.53. The molecule has 0 spiro atoms. The van der Waals surface area contributed by atoms with E-state index in [1.807, 2.05) is 13.8 Å². The van der Waals surface area contributed by atoms with Crippen LogP contribution in [-0.4, -0.2) is 48.6 Å². The highest BCUT2D eigenvalue weighted by Crippen LogP contribution is 2.25. The molecule has 2 nitrogen and oxygen atoms in total. The molecule has 0 unspecified atom stereocenters. The molecule has 2 heteroatoms. The normalized spacial score (nSPS) is 22.2. The van der Waals surface area contributed by atoms with Crippen molar-refractivity contribution in [2.24, 2.45) is 11.8 Å². The molecule has 2 rings (SSSR count). The third-order valence-corrected chi connectivity index (χ3v) is 5.81. The molecule has 2 aliphatic rings. The van der Waals surface area contributed by atoms with Crippen molar-refractivity contribution in [3.05, 3.63) is 0 Å². The molecule has 0 radical (unpaired) electrons. The van der Waals surface area contributed by atoms with Gasteiger partial charge < -0.3 is 9.80 Å². The summed E-state index contributed by atoms with van der Waals surface area (Å²) in [7, 11) is 0. The van der Waals surface area contributed by atoms with E-state index < -0.39 is 0 Å². The zero-order valence-corrected chi connectivity index (χ0v) is 16.8. The number of rotatable bonds is 7. The van der Waals surface area contributed by atoms with Crippen LogP contribution in [0, 0.1) is 11.8 Å². The highest BCUT2D eigenvalue weighted by molar-refractivity contribution is 4.83. The second kappa shape index (κ2) is 12.3. The highest BCUT2D eigenvalue weighted by atomic mass is 15.2. The average Bonchev–Trinajstić information content (AvgIpc) is 2.61. The van der Waals surface area contributed by atoms with E-state index in [2.05, 4.69) is 30.6 Å². The predicted molar refractivity (Wildman–Crippen MR) is 104 cm³/mol. The largest absolute Gasteiger partial charge is 0.303 e. The van der Waals surface area contributed by atoms with Crippen LogP contribution in [-0.2, 0) is 0 Å². The Morgan fingerprint density at radius 3 is 2.00 bits per heavy atom. The molecular weight excluding hydrogens is 280 g/mol. The highest BCUT2D eigenvalue weighted by Gasteiger charge is 2.27. The van der Waals surface area contributed by atoms with Gasteiger partial charge >= 0.3 is 0 Å². The van der Waals surface area contributed by atoms with Crippen molar-refractivity contribution >= 4 is 0 Å². The third-order valence-electron chi connectivity index (χ3n) is 5.81. The van der Waals surface area contributed by atoms with Gasteiger partial charge in [-0.1, -0.05) is 53.9 Å². The molecule has 0 bridgehead atoms. The summed E-state index contributed by atoms with van der Waals surface area (Å²) in [6.45, 7) is 17.8. The van der Waals surface area contributed by atoms with Gasteiger partial charge in [0.05, 0.1) is 0 Å². The van der Waals surface area contributed by atoms with Gasteiger partial charge in [0.15, 0.2) is 0 Å². The molecule has 2 heterocycles. The van der Waals surface area contributed by atoms with E-state index in [9.17, 15) is 0 Å². The molecule has 0 aromatic rings. The quantitative estimate of drug-likeness (QED) is 0.576. The Balaban J connectivity index is 0.00000127. The summed E-state index contributed by atoms with van der Waals surface area (Å²) in [6.07, 6.45) is 11.4. The lowest BCUT2D eigenvalue weighted by Crippen LogP contribution is -2.47. The first-order chi connectivity index (χ1) is 11.2. The minimum absolute atomic E-state index is 0.877. The van der Waals surface area contributed by atoms with Gasteiger partial charge in [-0.25, -0.2) is 0 Å². The topological polar surface area (TPSA) is 6.48 Å². The number of hydrogen-bond acceptors (Lipinski definition) is 2. The van der Waals surface area contributed by atoms with Crippen molar-refractivity contribution < 1.29 is 0 Å². The molecule has 2 fully saturated rings. The molecule has 0 aromatic carbocycles. The molecule has 2 aliphatic heterocycles. The fraction of sp³-hybridized carbons (Fsp3) is 1.00. The van der Waals surface area contributed by atoms with Gasteiger partial charge in [-0.2, -0.15) is 0 Å². The molecular formula is C21H44N2. The molecule has 138 valence electrons. The van der Waals surface area contributed by atoms with E-state index in [1.165, 1.54) is 84.1 Å². The minimum Gasteiger partial charge on any atom is -0.303 e. The van der Waals surface area contributed by atoms with Crippen molar-refractivity contribution in [2.75, 3.05) is 32.7 Å². The van der Waals surface area contributed by atoms with Crippen LogP contribution in [0.2, 0.25) is 0 Å². The summed E-state index contributed by atoms with van der Waals surface area (Å²) in [5.74, 6) is 1.89. The number of unbranched alkanes of at least 4 members (excludes halogenated alkanes) is 1. The summed E-state index contributed by atoms with van der Waals surface area (Å²) in [5, 5.41) is 0. The van der Waals surface area contributed by atoms with E-state index in [0.29, 0.717) is 0 Å². The summed E-state index contributed by atoms with van der Waals surface area (Å²) >= 11 is 0. The van der Waals surface area contributed by atoms with Crippen LogP contribution in [0.3, 0.4) is 0 Å². The Morgan fingerprint density at radius 2 is 1.48 bits per heavy atom. The van der Waals surface area contributed by atoms with Crippen LogP contribution in [0.15, 0.2) is 0 Å². The van der Waals surface area contributed by atoms with E-state index in [-0.39, 0.29) is 0 Å². The Hall–Kier alpha value is -0.0800. The molecule has 2 saturated heterocycles. The SMILES string of the molecule is CC.CCC1CCN(C2CCN(CCCCC(C)C)CC2)CC1. The lowest BCUT2D eigenvalue weighted by atomic mass is 9.92. The summed E-state index contributed by atoms with van der Waals surface area (Å²) in [6, 6.07) is 0.898. The van der Waals surface area contributed by atoms with Crippen molar-refractivity contribution in [3.63, 3.8) is 0 Å². The first-order valence-electron chi connectivity index (χ1n) is 10.7. The zero-order chi connectivity index (χ0) is 17.1. The second-order valence-corrected chi connectivity index (χ2v) is 7.85. The van der Waals surface area contributed by atoms with Gasteiger partial charge in [0.1, 0.15) is 0 Å². The van der Waals surface area contributed by atoms with Gasteiger partial charge in [-0.3, -0.25) is 0 Å². The molecule has 0 aliphatic carbocycles. The lowest BCUT2D eigenvalue weighted by molar-refractivity contribution is 0.0764. The maximum absolute atomic E-state index is 2.81. The fourth-order valence-corrected chi connectivity index (χ4v) is 4.12. The van der Waals surface area contributed by atoms with E-state index in [4.69, 9.17) is 0 Å². The number of piperidine rings is 2. The molecule has 0 aromatic heterocycles. The maximum atomic E-state index is 2.81. The number of likely N-dealkylation sites (tertiary alicyclic amines) is 2. The lowest BCUT2D eigenvalue weighted by Gasteiger charge is -2.41. The summed E-state index contributed by atoms with van der Waals surface area (Å²) in [5.41, 5.74) is 0. The first kappa shape index (κ1) is 21.0. The molecule has 23 heavy (non-hydrogen) atoms. The first-order valence-corrected chi connectivity index (χ1v) is 10.7. The standard InChI is InChI=1S/C19H38N2.C2H6/c1-4-18-8-15-21(16-9-18)19-10-13-20(14-11-19)12-6-5-7-17(2)3;1-2/h17-19H,4-16H2,1-3H3;1-2H3. The Bertz CT molecular complexity index is 261. The monoisotopic (exact) mass is 324 g/mol. The maximum Gasteiger partial charge on any atom is 0.0120 e.